The van der Waals surface area contributed by atoms with Crippen LogP contribution in [0.15, 0.2) is 0 Å². The molecule has 0 amide bonds. The lowest BCUT2D eigenvalue weighted by Gasteiger charge is -2.38. The number of nitrogens with two attached hydrogens (primary N) is 1. The van der Waals surface area contributed by atoms with Crippen molar-refractivity contribution in [1.82, 2.24) is 4.90 Å². The summed E-state index contributed by atoms with van der Waals surface area (Å²) in [5.74, 6) is -0.252. The summed E-state index contributed by atoms with van der Waals surface area (Å²) in [4.78, 5) is 12.8. The predicted molar refractivity (Wildman–Crippen MR) is 59.7 cm³/mol. The summed E-state index contributed by atoms with van der Waals surface area (Å²) in [6.07, 6.45) is 1.99. The van der Waals surface area contributed by atoms with Crippen LogP contribution in [0.4, 0.5) is 0 Å². The van der Waals surface area contributed by atoms with Crippen LogP contribution in [0.25, 0.3) is 0 Å². The molecule has 4 nitrogen and oxygen atoms in total. The van der Waals surface area contributed by atoms with Gasteiger partial charge in [0.15, 0.2) is 0 Å². The van der Waals surface area contributed by atoms with Gasteiger partial charge in [-0.15, -0.1) is 0 Å². The number of carboxylic acids is 1. The van der Waals surface area contributed by atoms with Gasteiger partial charge >= 0.3 is 5.97 Å². The van der Waals surface area contributed by atoms with Crippen LogP contribution in [-0.2, 0) is 4.79 Å². The summed E-state index contributed by atoms with van der Waals surface area (Å²) in [6.45, 7) is 6.26. The molecule has 0 aromatic heterocycles. The molecule has 88 valence electrons. The van der Waals surface area contributed by atoms with Crippen LogP contribution in [0, 0.1) is 5.92 Å². The third kappa shape index (κ3) is 4.18. The first-order chi connectivity index (χ1) is 6.99. The zero-order valence-corrected chi connectivity index (χ0v) is 9.65. The van der Waals surface area contributed by atoms with Gasteiger partial charge in [-0.05, 0) is 32.6 Å². The molecule has 4 heteroatoms. The Morgan fingerprint density at radius 3 is 2.73 bits per heavy atom. The van der Waals surface area contributed by atoms with Crippen molar-refractivity contribution in [1.29, 1.82) is 0 Å². The van der Waals surface area contributed by atoms with Gasteiger partial charge in [0.25, 0.3) is 0 Å². The smallest absolute Gasteiger partial charge is 0.303 e. The summed E-state index contributed by atoms with van der Waals surface area (Å²) < 4.78 is 0. The number of likely N-dealkylation sites (tertiary alicyclic amines) is 1. The van der Waals surface area contributed by atoms with Gasteiger partial charge in [0.2, 0.25) is 0 Å². The number of nitrogens with zero attached hydrogens (tertiary/aromatic N) is 1. The Hall–Kier alpha value is -0.610. The van der Waals surface area contributed by atoms with Crippen LogP contribution >= 0.6 is 0 Å². The lowest BCUT2D eigenvalue weighted by Crippen LogP contribution is -2.49. The first kappa shape index (κ1) is 12.5. The van der Waals surface area contributed by atoms with Gasteiger partial charge in [0.1, 0.15) is 0 Å². The molecule has 0 aromatic carbocycles. The molecule has 1 aliphatic heterocycles. The predicted octanol–water partition coefficient (Wildman–Crippen LogP) is 0.909. The van der Waals surface area contributed by atoms with Gasteiger partial charge in [-0.25, -0.2) is 0 Å². The molecule has 3 N–H and O–H groups in total. The third-order valence-corrected chi connectivity index (χ3v) is 3.09. The molecule has 0 spiro atoms. The second kappa shape index (κ2) is 5.47. The van der Waals surface area contributed by atoms with Gasteiger partial charge in [0.05, 0.1) is 0 Å². The van der Waals surface area contributed by atoms with Crippen LogP contribution in [0.1, 0.15) is 33.1 Å². The van der Waals surface area contributed by atoms with Gasteiger partial charge in [-0.1, -0.05) is 0 Å². The zero-order valence-electron chi connectivity index (χ0n) is 9.65. The number of aliphatic carboxylic acids is 1. The van der Waals surface area contributed by atoms with E-state index in [4.69, 9.17) is 10.8 Å². The molecule has 1 heterocycles. The maximum Gasteiger partial charge on any atom is 0.303 e. The van der Waals surface area contributed by atoms with E-state index in [-0.39, 0.29) is 12.5 Å². The fraction of sp³-hybridized carbons (Fsp3) is 0.909. The standard InChI is InChI=1S/C11H22N2O2/c1-8(2)13-6-9(3-4-11(14)15)5-10(12)7-13/h8-10H,3-7,12H2,1-2H3,(H,14,15). The number of rotatable bonds is 4. The zero-order chi connectivity index (χ0) is 11.4. The van der Waals surface area contributed by atoms with Gasteiger partial charge in [0, 0.05) is 31.6 Å². The molecule has 1 rings (SSSR count). The number of hydrogen-bond acceptors (Lipinski definition) is 3. The summed E-state index contributed by atoms with van der Waals surface area (Å²) in [5.41, 5.74) is 5.97. The SMILES string of the molecule is CC(C)N1CC(N)CC(CCC(=O)O)C1. The van der Waals surface area contributed by atoms with E-state index < -0.39 is 5.97 Å². The lowest BCUT2D eigenvalue weighted by atomic mass is 9.90. The van der Waals surface area contributed by atoms with E-state index in [0.29, 0.717) is 12.0 Å². The topological polar surface area (TPSA) is 66.6 Å². The van der Waals surface area contributed by atoms with E-state index in [9.17, 15) is 4.79 Å². The molecule has 1 aliphatic rings. The molecular formula is C11H22N2O2. The summed E-state index contributed by atoms with van der Waals surface area (Å²) >= 11 is 0. The molecule has 0 aromatic rings. The minimum atomic E-state index is -0.703. The second-order valence-corrected chi connectivity index (χ2v) is 4.84. The van der Waals surface area contributed by atoms with E-state index in [2.05, 4.69) is 18.7 Å². The molecule has 2 atom stereocenters. The van der Waals surface area contributed by atoms with Crippen molar-refractivity contribution >= 4 is 5.97 Å². The summed E-state index contributed by atoms with van der Waals surface area (Å²) in [6, 6.07) is 0.712. The van der Waals surface area contributed by atoms with Crippen LogP contribution < -0.4 is 5.73 Å². The average Bonchev–Trinajstić information content (AvgIpc) is 2.13. The van der Waals surface area contributed by atoms with Gasteiger partial charge < -0.3 is 10.8 Å². The molecule has 15 heavy (non-hydrogen) atoms. The number of piperidine rings is 1. The maximum atomic E-state index is 10.5. The van der Waals surface area contributed by atoms with Crippen molar-refractivity contribution in [2.75, 3.05) is 13.1 Å². The number of hydrogen-bond donors (Lipinski definition) is 2. The molecule has 0 aliphatic carbocycles. The first-order valence-corrected chi connectivity index (χ1v) is 5.70. The highest BCUT2D eigenvalue weighted by Gasteiger charge is 2.26. The van der Waals surface area contributed by atoms with Crippen LogP contribution in [0.3, 0.4) is 0 Å². The fourth-order valence-corrected chi connectivity index (χ4v) is 2.24. The molecule has 1 fully saturated rings. The molecule has 0 saturated carbocycles. The Kier molecular flexibility index (Phi) is 4.54. The van der Waals surface area contributed by atoms with Crippen molar-refractivity contribution < 1.29 is 9.90 Å². The largest absolute Gasteiger partial charge is 0.481 e. The summed E-state index contributed by atoms with van der Waals surface area (Å²) in [5, 5.41) is 8.64. The Bertz CT molecular complexity index is 219. The van der Waals surface area contributed by atoms with E-state index in [1.807, 2.05) is 0 Å². The lowest BCUT2D eigenvalue weighted by molar-refractivity contribution is -0.137. The Balaban J connectivity index is 2.41. The number of carboxylic acid groups (broad SMARTS) is 1. The maximum absolute atomic E-state index is 10.5. The minimum Gasteiger partial charge on any atom is -0.481 e. The van der Waals surface area contributed by atoms with Crippen molar-refractivity contribution in [3.05, 3.63) is 0 Å². The van der Waals surface area contributed by atoms with E-state index >= 15 is 0 Å². The monoisotopic (exact) mass is 214 g/mol. The molecule has 1 saturated heterocycles. The summed E-state index contributed by atoms with van der Waals surface area (Å²) in [7, 11) is 0. The highest BCUT2D eigenvalue weighted by Crippen LogP contribution is 2.21. The molecule has 0 radical (unpaired) electrons. The minimum absolute atomic E-state index is 0.208. The Labute approximate surface area is 91.4 Å². The Morgan fingerprint density at radius 1 is 1.53 bits per heavy atom. The van der Waals surface area contributed by atoms with E-state index in [1.165, 1.54) is 0 Å². The van der Waals surface area contributed by atoms with Crippen LogP contribution in [0.5, 0.6) is 0 Å². The second-order valence-electron chi connectivity index (χ2n) is 4.84. The van der Waals surface area contributed by atoms with E-state index in [1.54, 1.807) is 0 Å². The van der Waals surface area contributed by atoms with Gasteiger partial charge in [-0.2, -0.15) is 0 Å². The normalized spacial score (nSPS) is 28.3. The molecular weight excluding hydrogens is 192 g/mol. The van der Waals surface area contributed by atoms with Gasteiger partial charge in [-0.3, -0.25) is 9.69 Å². The van der Waals surface area contributed by atoms with Crippen LogP contribution in [0.2, 0.25) is 0 Å². The molecule has 2 unspecified atom stereocenters. The molecule has 0 bridgehead atoms. The average molecular weight is 214 g/mol. The number of carbonyl (C=O) groups is 1. The van der Waals surface area contributed by atoms with Crippen molar-refractivity contribution in [2.24, 2.45) is 11.7 Å². The van der Waals surface area contributed by atoms with Crippen molar-refractivity contribution in [3.8, 4) is 0 Å². The van der Waals surface area contributed by atoms with Crippen molar-refractivity contribution in [2.45, 2.75) is 45.2 Å². The van der Waals surface area contributed by atoms with Crippen LogP contribution in [-0.4, -0.2) is 41.1 Å². The quantitative estimate of drug-likeness (QED) is 0.730. The van der Waals surface area contributed by atoms with Crippen molar-refractivity contribution in [3.63, 3.8) is 0 Å². The highest BCUT2D eigenvalue weighted by molar-refractivity contribution is 5.66. The van der Waals surface area contributed by atoms with E-state index in [0.717, 1.165) is 25.9 Å². The highest BCUT2D eigenvalue weighted by atomic mass is 16.4. The first-order valence-electron chi connectivity index (χ1n) is 5.70. The Morgan fingerprint density at radius 2 is 2.20 bits per heavy atom. The fourth-order valence-electron chi connectivity index (χ4n) is 2.24. The third-order valence-electron chi connectivity index (χ3n) is 3.09.